The summed E-state index contributed by atoms with van der Waals surface area (Å²) in [6.45, 7) is 4.13. The van der Waals surface area contributed by atoms with Crippen LogP contribution in [0.4, 0.5) is 0 Å². The fourth-order valence-corrected chi connectivity index (χ4v) is 2.24. The Morgan fingerprint density at radius 2 is 2.19 bits per heavy atom. The number of carbonyl (C=O) groups is 1. The maximum atomic E-state index is 11.8. The van der Waals surface area contributed by atoms with E-state index in [2.05, 4.69) is 16.0 Å². The first kappa shape index (κ1) is 13.3. The molecule has 0 aliphatic carbocycles. The molecule has 0 fully saturated rings. The van der Waals surface area contributed by atoms with Gasteiger partial charge in [-0.1, -0.05) is 23.8 Å². The van der Waals surface area contributed by atoms with E-state index in [-0.39, 0.29) is 5.69 Å². The van der Waals surface area contributed by atoms with E-state index in [0.29, 0.717) is 12.4 Å². The van der Waals surface area contributed by atoms with Gasteiger partial charge >= 0.3 is 5.97 Å². The lowest BCUT2D eigenvalue weighted by Gasteiger charge is -2.05. The zero-order valence-corrected chi connectivity index (χ0v) is 11.9. The molecule has 0 N–H and O–H groups in total. The number of ether oxygens (including phenoxy) is 1. The van der Waals surface area contributed by atoms with Crippen molar-refractivity contribution in [2.75, 3.05) is 6.61 Å². The van der Waals surface area contributed by atoms with Crippen LogP contribution >= 0.6 is 0 Å². The molecule has 5 heteroatoms. The predicted octanol–water partition coefficient (Wildman–Crippen LogP) is 2.88. The minimum absolute atomic E-state index is 0.268. The van der Waals surface area contributed by atoms with Gasteiger partial charge in [0.2, 0.25) is 5.78 Å². The van der Waals surface area contributed by atoms with Gasteiger partial charge in [0.1, 0.15) is 0 Å². The predicted molar refractivity (Wildman–Crippen MR) is 79.1 cm³/mol. The van der Waals surface area contributed by atoms with Gasteiger partial charge in [0, 0.05) is 12.4 Å². The van der Waals surface area contributed by atoms with Crippen LogP contribution < -0.4 is 0 Å². The topological polar surface area (TPSA) is 56.5 Å². The Hall–Kier alpha value is -2.69. The summed E-state index contributed by atoms with van der Waals surface area (Å²) in [7, 11) is 0. The van der Waals surface area contributed by atoms with Crippen LogP contribution in [0.25, 0.3) is 17.0 Å². The Morgan fingerprint density at radius 3 is 2.95 bits per heavy atom. The molecule has 0 unspecified atom stereocenters. The molecule has 3 aromatic rings. The van der Waals surface area contributed by atoms with E-state index in [9.17, 15) is 4.79 Å². The molecule has 5 nitrogen and oxygen atoms in total. The summed E-state index contributed by atoms with van der Waals surface area (Å²) >= 11 is 0. The number of imidazole rings is 1. The molecule has 0 bridgehead atoms. The third-order valence-corrected chi connectivity index (χ3v) is 3.17. The minimum Gasteiger partial charge on any atom is -0.461 e. The fraction of sp³-hybridized carbons (Fsp3) is 0.188. The Morgan fingerprint density at radius 1 is 1.33 bits per heavy atom. The smallest absolute Gasteiger partial charge is 0.358 e. The summed E-state index contributed by atoms with van der Waals surface area (Å²) in [4.78, 5) is 20.2. The molecule has 0 amide bonds. The van der Waals surface area contributed by atoms with Crippen molar-refractivity contribution in [3.05, 3.63) is 54.0 Å². The van der Waals surface area contributed by atoms with Crippen molar-refractivity contribution in [3.63, 3.8) is 0 Å². The van der Waals surface area contributed by atoms with E-state index in [1.165, 1.54) is 5.56 Å². The molecule has 0 atom stereocenters. The largest absolute Gasteiger partial charge is 0.461 e. The lowest BCUT2D eigenvalue weighted by molar-refractivity contribution is 0.0520. The molecule has 0 spiro atoms. The van der Waals surface area contributed by atoms with E-state index in [1.54, 1.807) is 23.7 Å². The number of rotatable bonds is 3. The molecule has 2 aromatic heterocycles. The molecule has 2 heterocycles. The summed E-state index contributed by atoms with van der Waals surface area (Å²) < 4.78 is 6.79. The maximum Gasteiger partial charge on any atom is 0.358 e. The van der Waals surface area contributed by atoms with Crippen molar-refractivity contribution in [1.82, 2.24) is 14.4 Å². The van der Waals surface area contributed by atoms with Crippen LogP contribution in [0.3, 0.4) is 0 Å². The van der Waals surface area contributed by atoms with Crippen molar-refractivity contribution < 1.29 is 9.53 Å². The Labute approximate surface area is 122 Å². The Balaban J connectivity index is 2.14. The molecule has 0 aliphatic rings. The van der Waals surface area contributed by atoms with Crippen LogP contribution in [-0.2, 0) is 4.74 Å². The number of hydrogen-bond donors (Lipinski definition) is 0. The van der Waals surface area contributed by atoms with E-state index < -0.39 is 5.97 Å². The number of benzene rings is 1. The molecule has 1 aromatic carbocycles. The maximum absolute atomic E-state index is 11.8. The molecule has 0 saturated heterocycles. The van der Waals surface area contributed by atoms with Gasteiger partial charge in [0.05, 0.1) is 12.3 Å². The van der Waals surface area contributed by atoms with Gasteiger partial charge in [-0.15, -0.1) is 0 Å². The quantitative estimate of drug-likeness (QED) is 0.693. The van der Waals surface area contributed by atoms with Crippen LogP contribution in [0.1, 0.15) is 23.0 Å². The normalized spacial score (nSPS) is 10.8. The lowest BCUT2D eigenvalue weighted by atomic mass is 10.1. The van der Waals surface area contributed by atoms with Gasteiger partial charge in [0.15, 0.2) is 5.69 Å². The van der Waals surface area contributed by atoms with Crippen molar-refractivity contribution in [2.24, 2.45) is 0 Å². The average Bonchev–Trinajstić information content (AvgIpc) is 2.91. The number of carbonyl (C=O) groups excluding carboxylic acids is 1. The van der Waals surface area contributed by atoms with Crippen LogP contribution in [0.2, 0.25) is 0 Å². The second-order valence-electron chi connectivity index (χ2n) is 4.72. The zero-order chi connectivity index (χ0) is 14.8. The first-order valence-corrected chi connectivity index (χ1v) is 6.77. The van der Waals surface area contributed by atoms with E-state index >= 15 is 0 Å². The lowest BCUT2D eigenvalue weighted by Crippen LogP contribution is -2.04. The monoisotopic (exact) mass is 281 g/mol. The van der Waals surface area contributed by atoms with E-state index in [0.717, 1.165) is 11.3 Å². The molecular formula is C16H15N3O2. The summed E-state index contributed by atoms with van der Waals surface area (Å²) in [5.74, 6) is 0.0512. The van der Waals surface area contributed by atoms with Gasteiger partial charge in [-0.2, -0.15) is 0 Å². The van der Waals surface area contributed by atoms with Crippen LogP contribution in [-0.4, -0.2) is 26.9 Å². The second kappa shape index (κ2) is 5.36. The van der Waals surface area contributed by atoms with Crippen molar-refractivity contribution in [3.8, 4) is 11.3 Å². The average molecular weight is 281 g/mol. The highest BCUT2D eigenvalue weighted by molar-refractivity contribution is 5.88. The Bertz CT molecular complexity index is 808. The first-order chi connectivity index (χ1) is 10.2. The molecular weight excluding hydrogens is 266 g/mol. The molecule has 3 rings (SSSR count). The summed E-state index contributed by atoms with van der Waals surface area (Å²) in [5, 5.41) is 0. The highest BCUT2D eigenvalue weighted by Gasteiger charge is 2.14. The number of nitrogens with zero attached hydrogens (tertiary/aromatic N) is 3. The third-order valence-electron chi connectivity index (χ3n) is 3.17. The standard InChI is InChI=1S/C16H15N3O2/c1-3-21-15(20)13-10-19-14(7-8-17-16(19)18-13)12-6-4-5-11(2)9-12/h4-10H,3H2,1-2H3. The van der Waals surface area contributed by atoms with Gasteiger partial charge in [0.25, 0.3) is 0 Å². The first-order valence-electron chi connectivity index (χ1n) is 6.77. The van der Waals surface area contributed by atoms with Gasteiger partial charge < -0.3 is 4.74 Å². The van der Waals surface area contributed by atoms with Crippen LogP contribution in [0.5, 0.6) is 0 Å². The van der Waals surface area contributed by atoms with Gasteiger partial charge in [-0.3, -0.25) is 4.40 Å². The summed E-state index contributed by atoms with van der Waals surface area (Å²) in [6, 6.07) is 10.0. The molecule has 21 heavy (non-hydrogen) atoms. The molecule has 0 aliphatic heterocycles. The van der Waals surface area contributed by atoms with Gasteiger partial charge in [-0.05, 0) is 31.5 Å². The summed E-state index contributed by atoms with van der Waals surface area (Å²) in [6.07, 6.45) is 3.35. The van der Waals surface area contributed by atoms with E-state index in [1.807, 2.05) is 31.2 Å². The SMILES string of the molecule is CCOC(=O)c1cn2c(-c3cccc(C)c3)ccnc2n1. The number of fused-ring (bicyclic) bond motifs is 1. The summed E-state index contributed by atoms with van der Waals surface area (Å²) in [5.41, 5.74) is 3.43. The fourth-order valence-electron chi connectivity index (χ4n) is 2.24. The minimum atomic E-state index is -0.432. The number of aryl methyl sites for hydroxylation is 1. The van der Waals surface area contributed by atoms with Gasteiger partial charge in [-0.25, -0.2) is 14.8 Å². The number of esters is 1. The molecule has 106 valence electrons. The highest BCUT2D eigenvalue weighted by Crippen LogP contribution is 2.21. The van der Waals surface area contributed by atoms with Crippen molar-refractivity contribution in [1.29, 1.82) is 0 Å². The van der Waals surface area contributed by atoms with E-state index in [4.69, 9.17) is 4.74 Å². The zero-order valence-electron chi connectivity index (χ0n) is 11.9. The molecule has 0 radical (unpaired) electrons. The van der Waals surface area contributed by atoms with Crippen LogP contribution in [0.15, 0.2) is 42.7 Å². The number of hydrogen-bond acceptors (Lipinski definition) is 4. The third kappa shape index (κ3) is 2.50. The van der Waals surface area contributed by atoms with Crippen LogP contribution in [0, 0.1) is 6.92 Å². The molecule has 0 saturated carbocycles. The van der Waals surface area contributed by atoms with Crippen molar-refractivity contribution >= 4 is 11.7 Å². The Kier molecular flexibility index (Phi) is 3.39. The second-order valence-corrected chi connectivity index (χ2v) is 4.72. The number of aromatic nitrogens is 3. The van der Waals surface area contributed by atoms with Crippen molar-refractivity contribution in [2.45, 2.75) is 13.8 Å². The highest BCUT2D eigenvalue weighted by atomic mass is 16.5.